The van der Waals surface area contributed by atoms with Crippen LogP contribution >= 0.6 is 12.4 Å². The Morgan fingerprint density at radius 2 is 1.26 bits per heavy atom. The fourth-order valence-corrected chi connectivity index (χ4v) is 3.43. The zero-order valence-corrected chi connectivity index (χ0v) is 18.2. The van der Waals surface area contributed by atoms with Gasteiger partial charge in [-0.25, -0.2) is 0 Å². The molecular weight excluding hydrogens is 358 g/mol. The monoisotopic (exact) mass is 391 g/mol. The van der Waals surface area contributed by atoms with Crippen molar-refractivity contribution >= 4 is 12.4 Å². The molecule has 0 aliphatic rings. The van der Waals surface area contributed by atoms with Gasteiger partial charge in [0.05, 0.1) is 12.7 Å². The molecule has 2 aromatic rings. The van der Waals surface area contributed by atoms with Gasteiger partial charge in [-0.05, 0) is 61.1 Å². The van der Waals surface area contributed by atoms with E-state index in [0.29, 0.717) is 19.2 Å². The average molecular weight is 392 g/mol. The van der Waals surface area contributed by atoms with E-state index < -0.39 is 6.10 Å². The first-order chi connectivity index (χ1) is 12.3. The minimum atomic E-state index is -0.534. The van der Waals surface area contributed by atoms with Gasteiger partial charge in [0.2, 0.25) is 0 Å². The number of ether oxygens (including phenoxy) is 1. The molecule has 2 N–H and O–H groups in total. The maximum Gasteiger partial charge on any atom is 0.109 e. The maximum atomic E-state index is 10.3. The molecule has 0 saturated heterocycles. The highest BCUT2D eigenvalue weighted by Gasteiger charge is 2.23. The van der Waals surface area contributed by atoms with Crippen molar-refractivity contribution in [1.29, 1.82) is 0 Å². The molecule has 0 aromatic heterocycles. The molecule has 0 aliphatic carbocycles. The Hall–Kier alpha value is -1.39. The Labute approximate surface area is 170 Å². The van der Waals surface area contributed by atoms with Crippen LogP contribution in [0.2, 0.25) is 0 Å². The van der Waals surface area contributed by atoms with Gasteiger partial charge in [0.25, 0.3) is 0 Å². The van der Waals surface area contributed by atoms with Crippen LogP contribution in [0.3, 0.4) is 0 Å². The number of aliphatic hydroxyl groups is 1. The number of hydrogen-bond donors (Lipinski definition) is 2. The maximum absolute atomic E-state index is 10.3. The van der Waals surface area contributed by atoms with Crippen LogP contribution in [0.15, 0.2) is 36.4 Å². The summed E-state index contributed by atoms with van der Waals surface area (Å²) in [4.78, 5) is 0. The Bertz CT molecular complexity index is 638. The topological polar surface area (TPSA) is 41.5 Å². The summed E-state index contributed by atoms with van der Waals surface area (Å²) < 4.78 is 6.34. The van der Waals surface area contributed by atoms with E-state index in [0.717, 1.165) is 0 Å². The van der Waals surface area contributed by atoms with Crippen molar-refractivity contribution in [1.82, 2.24) is 5.32 Å². The Morgan fingerprint density at radius 1 is 0.852 bits per heavy atom. The minimum Gasteiger partial charge on any atom is -0.389 e. The largest absolute Gasteiger partial charge is 0.389 e. The Balaban J connectivity index is 0.00000364. The highest BCUT2D eigenvalue weighted by atomic mass is 35.5. The van der Waals surface area contributed by atoms with Gasteiger partial charge in [-0.1, -0.05) is 50.2 Å². The first kappa shape index (κ1) is 23.6. The summed E-state index contributed by atoms with van der Waals surface area (Å²) in [5, 5.41) is 13.6. The van der Waals surface area contributed by atoms with Crippen molar-refractivity contribution in [2.75, 3.05) is 13.2 Å². The Morgan fingerprint density at radius 3 is 1.63 bits per heavy atom. The summed E-state index contributed by atoms with van der Waals surface area (Å²) in [6, 6.07) is 13.0. The highest BCUT2D eigenvalue weighted by Crippen LogP contribution is 2.34. The fraction of sp³-hybridized carbons (Fsp3) is 0.478. The van der Waals surface area contributed by atoms with E-state index >= 15 is 0 Å². The summed E-state index contributed by atoms with van der Waals surface area (Å²) in [6.07, 6.45) is -0.709. The zero-order valence-electron chi connectivity index (χ0n) is 17.4. The van der Waals surface area contributed by atoms with Crippen LogP contribution in [0.25, 0.3) is 0 Å². The van der Waals surface area contributed by atoms with E-state index in [1.807, 2.05) is 0 Å². The number of aryl methyl sites for hydroxylation is 4. The molecule has 2 aromatic carbocycles. The number of rotatable bonds is 8. The molecule has 0 spiro atoms. The van der Waals surface area contributed by atoms with Crippen LogP contribution < -0.4 is 5.32 Å². The van der Waals surface area contributed by atoms with Gasteiger partial charge in [-0.15, -0.1) is 12.4 Å². The molecule has 2 rings (SSSR count). The van der Waals surface area contributed by atoms with Crippen LogP contribution in [0.5, 0.6) is 0 Å². The molecule has 1 unspecified atom stereocenters. The second kappa shape index (κ2) is 10.8. The summed E-state index contributed by atoms with van der Waals surface area (Å²) in [7, 11) is 0. The molecule has 0 bridgehead atoms. The third kappa shape index (κ3) is 6.32. The smallest absolute Gasteiger partial charge is 0.109 e. The van der Waals surface area contributed by atoms with Gasteiger partial charge < -0.3 is 15.2 Å². The molecule has 1 atom stereocenters. The van der Waals surface area contributed by atoms with Crippen molar-refractivity contribution in [3.63, 3.8) is 0 Å². The summed E-state index contributed by atoms with van der Waals surface area (Å²) >= 11 is 0. The number of halogens is 1. The van der Waals surface area contributed by atoms with Gasteiger partial charge in [-0.2, -0.15) is 0 Å². The van der Waals surface area contributed by atoms with Crippen molar-refractivity contribution in [2.45, 2.75) is 59.8 Å². The molecule has 0 aliphatic heterocycles. The number of nitrogens with one attached hydrogen (secondary N) is 1. The molecule has 0 fully saturated rings. The van der Waals surface area contributed by atoms with Gasteiger partial charge in [-0.3, -0.25) is 0 Å². The average Bonchev–Trinajstić information content (AvgIpc) is 2.56. The lowest BCUT2D eigenvalue weighted by Crippen LogP contribution is -2.35. The second-order valence-corrected chi connectivity index (χ2v) is 7.54. The van der Waals surface area contributed by atoms with Crippen LogP contribution in [-0.4, -0.2) is 30.4 Å². The second-order valence-electron chi connectivity index (χ2n) is 7.54. The summed E-state index contributed by atoms with van der Waals surface area (Å²) in [5.41, 5.74) is 7.27. The zero-order chi connectivity index (χ0) is 19.3. The first-order valence-corrected chi connectivity index (χ1v) is 9.46. The van der Waals surface area contributed by atoms with E-state index in [2.05, 4.69) is 83.3 Å². The summed E-state index contributed by atoms with van der Waals surface area (Å²) in [6.45, 7) is 13.5. The highest BCUT2D eigenvalue weighted by molar-refractivity contribution is 5.85. The molecule has 0 amide bonds. The first-order valence-electron chi connectivity index (χ1n) is 9.46. The predicted octanol–water partition coefficient (Wildman–Crippen LogP) is 4.81. The molecular formula is C23H34ClNO2. The van der Waals surface area contributed by atoms with Crippen LogP contribution in [0.1, 0.15) is 53.3 Å². The van der Waals surface area contributed by atoms with E-state index in [1.54, 1.807) is 0 Å². The number of benzene rings is 2. The van der Waals surface area contributed by atoms with Crippen molar-refractivity contribution < 1.29 is 9.84 Å². The molecule has 27 heavy (non-hydrogen) atoms. The normalized spacial score (nSPS) is 12.3. The molecule has 0 saturated carbocycles. The van der Waals surface area contributed by atoms with Crippen molar-refractivity contribution in [3.8, 4) is 0 Å². The number of aliphatic hydroxyl groups excluding tert-OH is 1. The molecule has 4 heteroatoms. The lowest BCUT2D eigenvalue weighted by Gasteiger charge is -2.27. The lowest BCUT2D eigenvalue weighted by molar-refractivity contribution is 0.00512. The lowest BCUT2D eigenvalue weighted by atomic mass is 9.88. The van der Waals surface area contributed by atoms with Gasteiger partial charge in [0.15, 0.2) is 0 Å². The molecule has 0 heterocycles. The minimum absolute atomic E-state index is 0. The standard InChI is InChI=1S/C23H33NO2.ClH/c1-15(2)24-13-20(25)14-26-23(21-16(3)9-7-10-17(21)4)22-18(5)11-8-12-19(22)6;/h7-12,15,20,23-25H,13-14H2,1-6H3;1H. The van der Waals surface area contributed by atoms with Crippen LogP contribution in [0, 0.1) is 27.7 Å². The van der Waals surface area contributed by atoms with E-state index in [-0.39, 0.29) is 18.5 Å². The third-order valence-electron chi connectivity index (χ3n) is 4.83. The van der Waals surface area contributed by atoms with Gasteiger partial charge in [0, 0.05) is 12.6 Å². The van der Waals surface area contributed by atoms with Crippen molar-refractivity contribution in [3.05, 3.63) is 69.8 Å². The van der Waals surface area contributed by atoms with E-state index in [9.17, 15) is 5.11 Å². The van der Waals surface area contributed by atoms with Crippen LogP contribution in [0.4, 0.5) is 0 Å². The Kier molecular flexibility index (Phi) is 9.48. The SMILES string of the molecule is Cc1cccc(C)c1C(OCC(O)CNC(C)C)c1c(C)cccc1C.Cl. The van der Waals surface area contributed by atoms with Gasteiger partial charge in [0.1, 0.15) is 6.10 Å². The third-order valence-corrected chi connectivity index (χ3v) is 4.83. The van der Waals surface area contributed by atoms with Gasteiger partial charge >= 0.3 is 0 Å². The summed E-state index contributed by atoms with van der Waals surface area (Å²) in [5.74, 6) is 0. The molecule has 150 valence electrons. The predicted molar refractivity (Wildman–Crippen MR) is 116 cm³/mol. The number of hydrogen-bond acceptors (Lipinski definition) is 3. The van der Waals surface area contributed by atoms with E-state index in [1.165, 1.54) is 33.4 Å². The molecule has 3 nitrogen and oxygen atoms in total. The van der Waals surface area contributed by atoms with Crippen molar-refractivity contribution in [2.24, 2.45) is 0 Å². The van der Waals surface area contributed by atoms with Crippen LogP contribution in [-0.2, 0) is 4.74 Å². The molecule has 0 radical (unpaired) electrons. The fourth-order valence-electron chi connectivity index (χ4n) is 3.43. The quantitative estimate of drug-likeness (QED) is 0.678. The van der Waals surface area contributed by atoms with E-state index in [4.69, 9.17) is 4.74 Å².